The average molecular weight is 482 g/mol. The zero-order valence-corrected chi connectivity index (χ0v) is 19.7. The fourth-order valence-electron chi connectivity index (χ4n) is 3.29. The predicted octanol–water partition coefficient (Wildman–Crippen LogP) is 1.98. The molecule has 0 saturated carbocycles. The van der Waals surface area contributed by atoms with Crippen LogP contribution in [-0.2, 0) is 21.8 Å². The topological polar surface area (TPSA) is 146 Å². The molecular weight excluding hydrogens is 454 g/mol. The lowest BCUT2D eigenvalue weighted by Gasteiger charge is -2.26. The second-order valence-corrected chi connectivity index (χ2v) is 9.60. The van der Waals surface area contributed by atoms with Crippen LogP contribution in [0.3, 0.4) is 0 Å². The van der Waals surface area contributed by atoms with E-state index in [0.717, 1.165) is 18.6 Å². The normalized spacial score (nSPS) is 15.8. The second kappa shape index (κ2) is 9.85. The number of aryl methyl sites for hydroxylation is 1. The Bertz CT molecular complexity index is 1160. The molecule has 1 fully saturated rings. The molecule has 1 aliphatic heterocycles. The summed E-state index contributed by atoms with van der Waals surface area (Å²) >= 11 is 0. The fraction of sp³-hybridized carbons (Fsp3) is 0.500. The molecule has 0 unspecified atom stereocenters. The van der Waals surface area contributed by atoms with E-state index >= 15 is 0 Å². The molecule has 1 aromatic heterocycles. The highest BCUT2D eigenvalue weighted by molar-refractivity contribution is 7.89. The highest BCUT2D eigenvalue weighted by Gasteiger charge is 2.32. The summed E-state index contributed by atoms with van der Waals surface area (Å²) in [6.45, 7) is 6.13. The van der Waals surface area contributed by atoms with E-state index in [1.165, 1.54) is 15.1 Å². The minimum atomic E-state index is -4.11. The first-order valence-corrected chi connectivity index (χ1v) is 11.9. The third kappa shape index (κ3) is 5.15. The zero-order chi connectivity index (χ0) is 24.3. The molecule has 0 aliphatic carbocycles. The van der Waals surface area contributed by atoms with Gasteiger partial charge < -0.3 is 14.8 Å². The molecule has 1 atom stereocenters. The zero-order valence-electron chi connectivity index (χ0n) is 18.9. The number of amides is 1. The number of hydrogen-bond acceptors (Lipinski definition) is 8. The van der Waals surface area contributed by atoms with E-state index < -0.39 is 14.9 Å². The largest absolute Gasteiger partial charge is 0.438 e. The fourth-order valence-corrected chi connectivity index (χ4v) is 4.83. The standard InChI is InChI=1S/C20H27N5O7S/c1-5-13(2)21-19(26)18-14(3)20(23(4)22-18)32-16-7-6-15(25(27)28)12-17(16)33(29,30)24-8-10-31-11-9-24/h6-7,12-13H,5,8-11H2,1-4H3,(H,21,26)/t13-/m0/s1. The van der Waals surface area contributed by atoms with E-state index in [2.05, 4.69) is 10.4 Å². The minimum Gasteiger partial charge on any atom is -0.438 e. The van der Waals surface area contributed by atoms with Gasteiger partial charge in [0.25, 0.3) is 11.6 Å². The number of aromatic nitrogens is 2. The molecule has 0 radical (unpaired) electrons. The Balaban J connectivity index is 2.02. The van der Waals surface area contributed by atoms with E-state index in [9.17, 15) is 23.3 Å². The number of carbonyl (C=O) groups excluding carboxylic acids is 1. The van der Waals surface area contributed by atoms with Crippen molar-refractivity contribution >= 4 is 21.6 Å². The summed E-state index contributed by atoms with van der Waals surface area (Å²) in [5.74, 6) is -0.333. The van der Waals surface area contributed by atoms with Crippen molar-refractivity contribution in [2.75, 3.05) is 26.3 Å². The van der Waals surface area contributed by atoms with Crippen molar-refractivity contribution in [2.45, 2.75) is 38.1 Å². The van der Waals surface area contributed by atoms with E-state index in [1.807, 2.05) is 13.8 Å². The van der Waals surface area contributed by atoms with Crippen LogP contribution in [0.2, 0.25) is 0 Å². The number of ether oxygens (including phenoxy) is 2. The number of carbonyl (C=O) groups is 1. The summed E-state index contributed by atoms with van der Waals surface area (Å²) in [6, 6.07) is 3.32. The lowest BCUT2D eigenvalue weighted by Crippen LogP contribution is -2.40. The van der Waals surface area contributed by atoms with Gasteiger partial charge in [0.2, 0.25) is 15.9 Å². The first-order chi connectivity index (χ1) is 15.6. The second-order valence-electron chi connectivity index (χ2n) is 7.69. The van der Waals surface area contributed by atoms with Crippen molar-refractivity contribution in [3.63, 3.8) is 0 Å². The Hall–Kier alpha value is -3.03. The number of rotatable bonds is 8. The predicted molar refractivity (Wildman–Crippen MR) is 118 cm³/mol. The molecule has 2 aromatic rings. The summed E-state index contributed by atoms with van der Waals surface area (Å²) in [7, 11) is -2.55. The van der Waals surface area contributed by atoms with Crippen molar-refractivity contribution in [1.82, 2.24) is 19.4 Å². The molecule has 1 N–H and O–H groups in total. The van der Waals surface area contributed by atoms with Crippen LogP contribution in [0.15, 0.2) is 23.1 Å². The molecule has 2 heterocycles. The number of morpholine rings is 1. The van der Waals surface area contributed by atoms with Gasteiger partial charge in [-0.05, 0) is 26.3 Å². The van der Waals surface area contributed by atoms with Gasteiger partial charge in [0, 0.05) is 43.9 Å². The van der Waals surface area contributed by atoms with E-state index in [0.29, 0.717) is 5.56 Å². The highest BCUT2D eigenvalue weighted by Crippen LogP contribution is 2.35. The number of hydrogen-bond donors (Lipinski definition) is 1. The first kappa shape index (κ1) is 24.6. The number of nitrogens with zero attached hydrogens (tertiary/aromatic N) is 4. The van der Waals surface area contributed by atoms with E-state index in [4.69, 9.17) is 9.47 Å². The minimum absolute atomic E-state index is 0.0526. The van der Waals surface area contributed by atoms with Crippen LogP contribution in [0.4, 0.5) is 5.69 Å². The van der Waals surface area contributed by atoms with Crippen LogP contribution in [0, 0.1) is 17.0 Å². The molecule has 13 heteroatoms. The van der Waals surface area contributed by atoms with Crippen LogP contribution >= 0.6 is 0 Å². The van der Waals surface area contributed by atoms with Crippen molar-refractivity contribution in [2.24, 2.45) is 7.05 Å². The molecule has 1 aromatic carbocycles. The Kier molecular flexibility index (Phi) is 7.34. The van der Waals surface area contributed by atoms with Crippen LogP contribution in [-0.4, -0.2) is 65.7 Å². The monoisotopic (exact) mass is 481 g/mol. The smallest absolute Gasteiger partial charge is 0.272 e. The molecule has 0 bridgehead atoms. The lowest BCUT2D eigenvalue weighted by molar-refractivity contribution is -0.385. The van der Waals surface area contributed by atoms with Crippen LogP contribution < -0.4 is 10.1 Å². The van der Waals surface area contributed by atoms with Crippen LogP contribution in [0.5, 0.6) is 11.6 Å². The Labute approximate surface area is 191 Å². The van der Waals surface area contributed by atoms with Gasteiger partial charge in [0.15, 0.2) is 5.69 Å². The van der Waals surface area contributed by atoms with Gasteiger partial charge in [-0.3, -0.25) is 14.9 Å². The van der Waals surface area contributed by atoms with Gasteiger partial charge in [-0.1, -0.05) is 6.92 Å². The number of sulfonamides is 1. The number of nitro groups is 1. The summed E-state index contributed by atoms with van der Waals surface area (Å²) in [5.41, 5.74) is 0.170. The highest BCUT2D eigenvalue weighted by atomic mass is 32.2. The number of nitrogens with one attached hydrogen (secondary N) is 1. The lowest BCUT2D eigenvalue weighted by atomic mass is 10.2. The maximum absolute atomic E-state index is 13.3. The molecule has 3 rings (SSSR count). The summed E-state index contributed by atoms with van der Waals surface area (Å²) in [4.78, 5) is 22.9. The van der Waals surface area contributed by atoms with Gasteiger partial charge in [0.05, 0.1) is 18.1 Å². The first-order valence-electron chi connectivity index (χ1n) is 10.4. The maximum Gasteiger partial charge on any atom is 0.272 e. The number of non-ortho nitro benzene ring substituents is 1. The molecule has 1 amide bonds. The molecule has 0 spiro atoms. The SMILES string of the molecule is CC[C@H](C)NC(=O)c1nn(C)c(Oc2ccc([N+](=O)[O-])cc2S(=O)(=O)N2CCOCC2)c1C. The summed E-state index contributed by atoms with van der Waals surface area (Å²) in [5, 5.41) is 18.3. The molecule has 180 valence electrons. The summed E-state index contributed by atoms with van der Waals surface area (Å²) < 4.78 is 40.2. The third-order valence-electron chi connectivity index (χ3n) is 5.36. The molecule has 1 saturated heterocycles. The van der Waals surface area contributed by atoms with Crippen LogP contribution in [0.25, 0.3) is 0 Å². The van der Waals surface area contributed by atoms with Crippen LogP contribution in [0.1, 0.15) is 36.3 Å². The van der Waals surface area contributed by atoms with E-state index in [1.54, 1.807) is 14.0 Å². The Morgan fingerprint density at radius 1 is 1.36 bits per heavy atom. The molecule has 1 aliphatic rings. The van der Waals surface area contributed by atoms with Crippen molar-refractivity contribution in [1.29, 1.82) is 0 Å². The third-order valence-corrected chi connectivity index (χ3v) is 7.28. The number of benzene rings is 1. The Morgan fingerprint density at radius 2 is 2.03 bits per heavy atom. The Morgan fingerprint density at radius 3 is 2.64 bits per heavy atom. The van der Waals surface area contributed by atoms with Crippen molar-refractivity contribution in [3.05, 3.63) is 39.6 Å². The van der Waals surface area contributed by atoms with E-state index in [-0.39, 0.29) is 66.2 Å². The molecule has 33 heavy (non-hydrogen) atoms. The molecular formula is C20H27N5O7S. The van der Waals surface area contributed by atoms with Crippen molar-refractivity contribution < 1.29 is 27.6 Å². The van der Waals surface area contributed by atoms with Gasteiger partial charge in [-0.15, -0.1) is 0 Å². The number of nitro benzene ring substituents is 1. The van der Waals surface area contributed by atoms with Gasteiger partial charge in [-0.25, -0.2) is 13.1 Å². The molecule has 12 nitrogen and oxygen atoms in total. The van der Waals surface area contributed by atoms with Gasteiger partial charge in [0.1, 0.15) is 10.6 Å². The van der Waals surface area contributed by atoms with Crippen molar-refractivity contribution in [3.8, 4) is 11.6 Å². The average Bonchev–Trinajstić information content (AvgIpc) is 3.08. The van der Waals surface area contributed by atoms with Gasteiger partial charge >= 0.3 is 0 Å². The maximum atomic E-state index is 13.3. The quantitative estimate of drug-likeness (QED) is 0.445. The summed E-state index contributed by atoms with van der Waals surface area (Å²) in [6.07, 6.45) is 0.743. The van der Waals surface area contributed by atoms with Gasteiger partial charge in [-0.2, -0.15) is 9.40 Å².